The van der Waals surface area contributed by atoms with Crippen LogP contribution in [0, 0.1) is 11.7 Å². The van der Waals surface area contributed by atoms with Gasteiger partial charge in [0.2, 0.25) is 0 Å². The Balaban J connectivity index is 3.08. The summed E-state index contributed by atoms with van der Waals surface area (Å²) in [4.78, 5) is 23.3. The van der Waals surface area contributed by atoms with Gasteiger partial charge in [-0.1, -0.05) is 0 Å². The van der Waals surface area contributed by atoms with Crippen LogP contribution in [0.25, 0.3) is 11.2 Å². The summed E-state index contributed by atoms with van der Waals surface area (Å²) < 4.78 is 0.291. The summed E-state index contributed by atoms with van der Waals surface area (Å²) in [6.07, 6.45) is 0. The molecule has 0 aliphatic rings. The first kappa shape index (κ1) is 7.23. The van der Waals surface area contributed by atoms with E-state index in [1.165, 1.54) is 0 Å². The monoisotopic (exact) mass is 182 g/mol. The minimum absolute atomic E-state index is 0.241. The predicted molar refractivity (Wildman–Crippen MR) is 46.6 cm³/mol. The van der Waals surface area contributed by atoms with Gasteiger partial charge in [-0.15, -0.1) is 0 Å². The lowest BCUT2D eigenvalue weighted by atomic mass is 10.6. The van der Waals surface area contributed by atoms with Gasteiger partial charge in [0.05, 0.1) is 0 Å². The highest BCUT2D eigenvalue weighted by Gasteiger charge is 2.02. The molecule has 0 saturated heterocycles. The number of nitrogens with zero attached hydrogens (tertiary/aromatic N) is 1. The molecule has 3 N–H and O–H groups in total. The largest absolute Gasteiger partial charge is 0.336 e. The zero-order valence-corrected chi connectivity index (χ0v) is 7.08. The van der Waals surface area contributed by atoms with E-state index in [4.69, 9.17) is 12.2 Å². The molecule has 6 heteroatoms. The number of hydrogen-bond acceptors (Lipinski definition) is 3. The minimum atomic E-state index is -0.241. The summed E-state index contributed by atoms with van der Waals surface area (Å²) in [6, 6.07) is 0. The maximum Gasteiger partial charge on any atom is 0.277 e. The molecule has 0 spiro atoms. The van der Waals surface area contributed by atoms with Crippen LogP contribution in [0.4, 0.5) is 0 Å². The average Bonchev–Trinajstić information content (AvgIpc) is 2.29. The SMILES string of the molecule is Cc1nc2[nH]c(=S)[nH]c(=O)c2[nH]1. The van der Waals surface area contributed by atoms with Crippen molar-refractivity contribution in [3.63, 3.8) is 0 Å². The van der Waals surface area contributed by atoms with Crippen molar-refractivity contribution in [1.29, 1.82) is 0 Å². The van der Waals surface area contributed by atoms with E-state index in [2.05, 4.69) is 19.9 Å². The second-order valence-electron chi connectivity index (χ2n) is 2.45. The molecule has 5 nitrogen and oxygen atoms in total. The quantitative estimate of drug-likeness (QED) is 0.522. The standard InChI is InChI=1S/C6H6N4OS/c1-2-7-3-4(8-2)9-6(12)10-5(3)11/h1H3,(H3,7,8,9,10,11,12). The molecule has 0 bridgehead atoms. The van der Waals surface area contributed by atoms with Crippen LogP contribution >= 0.6 is 12.2 Å². The van der Waals surface area contributed by atoms with E-state index in [1.807, 2.05) is 0 Å². The highest BCUT2D eigenvalue weighted by atomic mass is 32.1. The van der Waals surface area contributed by atoms with E-state index in [0.717, 1.165) is 0 Å². The summed E-state index contributed by atoms with van der Waals surface area (Å²) in [6.45, 7) is 1.77. The Kier molecular flexibility index (Phi) is 1.37. The first-order valence-corrected chi connectivity index (χ1v) is 3.76. The number of aromatic amines is 3. The van der Waals surface area contributed by atoms with Crippen LogP contribution in [0.1, 0.15) is 5.82 Å². The fraction of sp³-hybridized carbons (Fsp3) is 0.167. The smallest absolute Gasteiger partial charge is 0.277 e. The lowest BCUT2D eigenvalue weighted by Gasteiger charge is -1.85. The van der Waals surface area contributed by atoms with Gasteiger partial charge in [0.1, 0.15) is 11.3 Å². The van der Waals surface area contributed by atoms with Gasteiger partial charge < -0.3 is 9.97 Å². The van der Waals surface area contributed by atoms with Crippen LogP contribution in [0.2, 0.25) is 0 Å². The molecule has 0 saturated carbocycles. The van der Waals surface area contributed by atoms with Crippen molar-refractivity contribution in [2.45, 2.75) is 6.92 Å². The maximum atomic E-state index is 11.2. The Bertz CT molecular complexity index is 534. The Labute approximate surface area is 71.9 Å². The fourth-order valence-electron chi connectivity index (χ4n) is 1.05. The molecule has 0 aliphatic heterocycles. The van der Waals surface area contributed by atoms with Gasteiger partial charge in [-0.2, -0.15) is 0 Å². The highest BCUT2D eigenvalue weighted by Crippen LogP contribution is 2.00. The third-order valence-corrected chi connectivity index (χ3v) is 1.71. The summed E-state index contributed by atoms with van der Waals surface area (Å²) >= 11 is 4.77. The number of H-pyrrole nitrogens is 3. The Morgan fingerprint density at radius 2 is 2.08 bits per heavy atom. The van der Waals surface area contributed by atoms with Gasteiger partial charge in [0, 0.05) is 0 Å². The molecule has 2 heterocycles. The summed E-state index contributed by atoms with van der Waals surface area (Å²) in [5.74, 6) is 0.687. The number of aryl methyl sites for hydroxylation is 1. The molecule has 0 aliphatic carbocycles. The first-order chi connectivity index (χ1) is 5.66. The van der Waals surface area contributed by atoms with Crippen LogP contribution in [-0.4, -0.2) is 19.9 Å². The van der Waals surface area contributed by atoms with Crippen molar-refractivity contribution in [1.82, 2.24) is 19.9 Å². The topological polar surface area (TPSA) is 77.3 Å². The number of aromatic nitrogens is 4. The molecule has 2 rings (SSSR count). The fourth-order valence-corrected chi connectivity index (χ4v) is 1.24. The molecule has 0 fully saturated rings. The average molecular weight is 182 g/mol. The highest BCUT2D eigenvalue weighted by molar-refractivity contribution is 7.71. The second-order valence-corrected chi connectivity index (χ2v) is 2.86. The third kappa shape index (κ3) is 0.964. The molecule has 0 radical (unpaired) electrons. The number of rotatable bonds is 0. The second kappa shape index (κ2) is 2.28. The van der Waals surface area contributed by atoms with E-state index in [-0.39, 0.29) is 5.56 Å². The van der Waals surface area contributed by atoms with Crippen LogP contribution in [0.5, 0.6) is 0 Å². The summed E-state index contributed by atoms with van der Waals surface area (Å²) in [5, 5.41) is 0. The van der Waals surface area contributed by atoms with Gasteiger partial charge in [-0.05, 0) is 19.1 Å². The summed E-state index contributed by atoms with van der Waals surface area (Å²) in [5.41, 5.74) is 0.691. The Morgan fingerprint density at radius 1 is 1.33 bits per heavy atom. The molecular formula is C6H6N4OS. The van der Waals surface area contributed by atoms with Gasteiger partial charge in [-0.3, -0.25) is 9.78 Å². The molecule has 62 valence electrons. The van der Waals surface area contributed by atoms with Crippen molar-refractivity contribution < 1.29 is 0 Å². The number of fused-ring (bicyclic) bond motifs is 1. The third-order valence-electron chi connectivity index (χ3n) is 1.51. The lowest BCUT2D eigenvalue weighted by molar-refractivity contribution is 1.12. The van der Waals surface area contributed by atoms with Crippen molar-refractivity contribution in [3.8, 4) is 0 Å². The number of imidazole rings is 1. The molecular weight excluding hydrogens is 176 g/mol. The van der Waals surface area contributed by atoms with Crippen molar-refractivity contribution in [3.05, 3.63) is 20.9 Å². The van der Waals surface area contributed by atoms with Crippen LogP contribution in [0.15, 0.2) is 4.79 Å². The van der Waals surface area contributed by atoms with Gasteiger partial charge in [0.15, 0.2) is 10.4 Å². The van der Waals surface area contributed by atoms with Gasteiger partial charge >= 0.3 is 0 Å². The van der Waals surface area contributed by atoms with E-state index in [9.17, 15) is 4.79 Å². The first-order valence-electron chi connectivity index (χ1n) is 3.36. The van der Waals surface area contributed by atoms with Crippen molar-refractivity contribution >= 4 is 23.4 Å². The molecule has 0 unspecified atom stereocenters. The normalized spacial score (nSPS) is 10.8. The maximum absolute atomic E-state index is 11.2. The van der Waals surface area contributed by atoms with E-state index in [1.54, 1.807) is 6.92 Å². The summed E-state index contributed by atoms with van der Waals surface area (Å²) in [7, 11) is 0. The Hall–Kier alpha value is -1.43. The van der Waals surface area contributed by atoms with E-state index >= 15 is 0 Å². The Morgan fingerprint density at radius 3 is 2.83 bits per heavy atom. The molecule has 12 heavy (non-hydrogen) atoms. The number of nitrogens with one attached hydrogen (secondary N) is 3. The molecule has 2 aromatic heterocycles. The van der Waals surface area contributed by atoms with Gasteiger partial charge in [-0.25, -0.2) is 4.98 Å². The van der Waals surface area contributed by atoms with Gasteiger partial charge in [0.25, 0.3) is 5.56 Å². The zero-order chi connectivity index (χ0) is 8.72. The van der Waals surface area contributed by atoms with E-state index < -0.39 is 0 Å². The predicted octanol–water partition coefficient (Wildman–Crippen LogP) is 0.617. The van der Waals surface area contributed by atoms with Crippen molar-refractivity contribution in [2.24, 2.45) is 0 Å². The minimum Gasteiger partial charge on any atom is -0.336 e. The molecule has 2 aromatic rings. The molecule has 0 aromatic carbocycles. The molecule has 0 amide bonds. The van der Waals surface area contributed by atoms with Crippen LogP contribution in [-0.2, 0) is 0 Å². The number of hydrogen-bond donors (Lipinski definition) is 3. The van der Waals surface area contributed by atoms with Crippen LogP contribution in [0.3, 0.4) is 0 Å². The molecule has 0 atom stereocenters. The van der Waals surface area contributed by atoms with E-state index in [0.29, 0.717) is 21.8 Å². The lowest BCUT2D eigenvalue weighted by Crippen LogP contribution is -2.07. The van der Waals surface area contributed by atoms with Crippen LogP contribution < -0.4 is 5.56 Å². The zero-order valence-electron chi connectivity index (χ0n) is 6.26. The van der Waals surface area contributed by atoms with Crippen molar-refractivity contribution in [2.75, 3.05) is 0 Å².